The van der Waals surface area contributed by atoms with E-state index in [4.69, 9.17) is 11.6 Å². The number of piperazine rings is 1. The molecule has 0 saturated carbocycles. The predicted molar refractivity (Wildman–Crippen MR) is 159 cm³/mol. The average Bonchev–Trinajstić information content (AvgIpc) is 3.23. The number of nitrogens with zero attached hydrogens (tertiary/aromatic N) is 4. The molecule has 2 heterocycles. The van der Waals surface area contributed by atoms with Gasteiger partial charge in [-0.05, 0) is 55.3 Å². The van der Waals surface area contributed by atoms with Gasteiger partial charge in [0.15, 0.2) is 0 Å². The van der Waals surface area contributed by atoms with Gasteiger partial charge in [0.2, 0.25) is 0 Å². The van der Waals surface area contributed by atoms with Crippen molar-refractivity contribution in [3.63, 3.8) is 0 Å². The fourth-order valence-corrected chi connectivity index (χ4v) is 5.33. The van der Waals surface area contributed by atoms with E-state index >= 15 is 0 Å². The molecular formula is C32H34ClN5O. The maximum absolute atomic E-state index is 12.7. The van der Waals surface area contributed by atoms with Crippen LogP contribution in [0.25, 0.3) is 5.69 Å². The number of carbonyl (C=O) groups excluding carboxylic acids is 1. The fourth-order valence-electron chi connectivity index (χ4n) is 5.11. The summed E-state index contributed by atoms with van der Waals surface area (Å²) in [6.45, 7) is 10.2. The Morgan fingerprint density at radius 2 is 1.44 bits per heavy atom. The summed E-state index contributed by atoms with van der Waals surface area (Å²) < 4.78 is 2.09. The summed E-state index contributed by atoms with van der Waals surface area (Å²) in [7, 11) is 0. The number of aromatic nitrogens is 1. The lowest BCUT2D eigenvalue weighted by Gasteiger charge is -2.34. The van der Waals surface area contributed by atoms with Crippen LogP contribution in [0, 0.1) is 13.8 Å². The van der Waals surface area contributed by atoms with Gasteiger partial charge in [-0.25, -0.2) is 5.43 Å². The molecule has 7 heteroatoms. The summed E-state index contributed by atoms with van der Waals surface area (Å²) in [5, 5.41) is 4.90. The molecular weight excluding hydrogens is 506 g/mol. The van der Waals surface area contributed by atoms with Crippen LogP contribution < -0.4 is 5.43 Å². The number of nitrogens with one attached hydrogen (secondary N) is 1. The van der Waals surface area contributed by atoms with Crippen molar-refractivity contribution in [3.8, 4) is 5.69 Å². The number of amides is 1. The Kier molecular flexibility index (Phi) is 8.57. The van der Waals surface area contributed by atoms with Crippen molar-refractivity contribution < 1.29 is 4.79 Å². The van der Waals surface area contributed by atoms with Crippen LogP contribution in [0.5, 0.6) is 0 Å². The molecule has 5 rings (SSSR count). The highest BCUT2D eigenvalue weighted by Crippen LogP contribution is 2.25. The van der Waals surface area contributed by atoms with Crippen LogP contribution in [0.1, 0.15) is 38.4 Å². The highest BCUT2D eigenvalue weighted by molar-refractivity contribution is 6.32. The maximum Gasteiger partial charge on any atom is 0.271 e. The molecule has 0 bridgehead atoms. The van der Waals surface area contributed by atoms with E-state index in [1.54, 1.807) is 6.21 Å². The first kappa shape index (κ1) is 26.9. The Balaban J connectivity index is 1.12. The van der Waals surface area contributed by atoms with Crippen molar-refractivity contribution in [3.05, 3.63) is 124 Å². The largest absolute Gasteiger partial charge is 0.316 e. The van der Waals surface area contributed by atoms with Crippen LogP contribution in [0.2, 0.25) is 5.02 Å². The number of benzene rings is 3. The van der Waals surface area contributed by atoms with E-state index < -0.39 is 0 Å². The van der Waals surface area contributed by atoms with Gasteiger partial charge in [-0.2, -0.15) is 5.10 Å². The minimum absolute atomic E-state index is 0.229. The van der Waals surface area contributed by atoms with Gasteiger partial charge in [-0.15, -0.1) is 0 Å². The van der Waals surface area contributed by atoms with Gasteiger partial charge in [0.05, 0.1) is 16.9 Å². The monoisotopic (exact) mass is 539 g/mol. The number of rotatable bonds is 8. The molecule has 6 nitrogen and oxygen atoms in total. The summed E-state index contributed by atoms with van der Waals surface area (Å²) in [5.74, 6) is -0.229. The molecule has 1 N–H and O–H groups in total. The highest BCUT2D eigenvalue weighted by atomic mass is 35.5. The zero-order chi connectivity index (χ0) is 27.2. The van der Waals surface area contributed by atoms with E-state index in [1.807, 2.05) is 68.4 Å². The lowest BCUT2D eigenvalue weighted by Crippen LogP contribution is -2.45. The Morgan fingerprint density at radius 1 is 0.846 bits per heavy atom. The van der Waals surface area contributed by atoms with Crippen LogP contribution in [0.4, 0.5) is 0 Å². The lowest BCUT2D eigenvalue weighted by molar-refractivity contribution is 0.0955. The van der Waals surface area contributed by atoms with E-state index in [2.05, 4.69) is 55.2 Å². The van der Waals surface area contributed by atoms with Crippen LogP contribution in [0.15, 0.2) is 90.0 Å². The molecule has 0 unspecified atom stereocenters. The molecule has 0 aliphatic carbocycles. The highest BCUT2D eigenvalue weighted by Gasteiger charge is 2.17. The Labute approximate surface area is 235 Å². The molecule has 1 amide bonds. The minimum Gasteiger partial charge on any atom is -0.316 e. The lowest BCUT2D eigenvalue weighted by atomic mass is 10.1. The van der Waals surface area contributed by atoms with Gasteiger partial charge in [0, 0.05) is 61.8 Å². The number of para-hydroxylation sites is 1. The SMILES string of the molecule is Cc1cc(/C=N\NC(=O)c2ccc(CN3CCN(Cc4ccccc4)CC3)cc2)c(C)n1-c1ccccc1Cl. The third-order valence-corrected chi connectivity index (χ3v) is 7.59. The van der Waals surface area contributed by atoms with Gasteiger partial charge >= 0.3 is 0 Å². The van der Waals surface area contributed by atoms with Crippen molar-refractivity contribution in [1.82, 2.24) is 19.8 Å². The molecule has 1 aromatic heterocycles. The van der Waals surface area contributed by atoms with E-state index in [9.17, 15) is 4.79 Å². The van der Waals surface area contributed by atoms with Gasteiger partial charge < -0.3 is 4.57 Å². The van der Waals surface area contributed by atoms with E-state index in [-0.39, 0.29) is 5.91 Å². The number of aryl methyl sites for hydroxylation is 1. The van der Waals surface area contributed by atoms with Gasteiger partial charge in [-0.1, -0.05) is 66.2 Å². The van der Waals surface area contributed by atoms with E-state index in [0.717, 1.165) is 61.9 Å². The van der Waals surface area contributed by atoms with E-state index in [1.165, 1.54) is 11.1 Å². The Hall–Kier alpha value is -3.71. The fraction of sp³-hybridized carbons (Fsp3) is 0.250. The third-order valence-electron chi connectivity index (χ3n) is 7.27. The normalized spacial score (nSPS) is 14.6. The molecule has 4 aromatic rings. The minimum atomic E-state index is -0.229. The number of hydrogen-bond acceptors (Lipinski definition) is 4. The summed E-state index contributed by atoms with van der Waals surface area (Å²) in [6.07, 6.45) is 1.68. The molecule has 1 aliphatic heterocycles. The smallest absolute Gasteiger partial charge is 0.271 e. The van der Waals surface area contributed by atoms with Gasteiger partial charge in [0.1, 0.15) is 0 Å². The number of hydrogen-bond donors (Lipinski definition) is 1. The van der Waals surface area contributed by atoms with Crippen molar-refractivity contribution in [2.75, 3.05) is 26.2 Å². The van der Waals surface area contributed by atoms with Crippen LogP contribution >= 0.6 is 11.6 Å². The van der Waals surface area contributed by atoms with Gasteiger partial charge in [-0.3, -0.25) is 14.6 Å². The first-order valence-electron chi connectivity index (χ1n) is 13.3. The average molecular weight is 540 g/mol. The summed E-state index contributed by atoms with van der Waals surface area (Å²) in [6, 6.07) is 28.2. The second-order valence-corrected chi connectivity index (χ2v) is 10.5. The van der Waals surface area contributed by atoms with Crippen molar-refractivity contribution >= 4 is 23.7 Å². The van der Waals surface area contributed by atoms with Crippen molar-refractivity contribution in [1.29, 1.82) is 0 Å². The standard InChI is InChI=1S/C32H34ClN5O/c1-24-20-29(25(2)38(24)31-11-7-6-10-30(31)33)21-34-35-32(39)28-14-12-27(13-15-28)23-37-18-16-36(17-19-37)22-26-8-4-3-5-9-26/h3-15,20-21H,16-19,22-23H2,1-2H3,(H,35,39)/b34-21-. The zero-order valence-electron chi connectivity index (χ0n) is 22.5. The Bertz CT molecular complexity index is 1440. The number of halogens is 1. The van der Waals surface area contributed by atoms with E-state index in [0.29, 0.717) is 10.6 Å². The molecule has 1 aliphatic rings. The quantitative estimate of drug-likeness (QED) is 0.226. The summed E-state index contributed by atoms with van der Waals surface area (Å²) in [4.78, 5) is 17.7. The maximum atomic E-state index is 12.7. The second kappa shape index (κ2) is 12.4. The molecule has 0 spiro atoms. The van der Waals surface area contributed by atoms with Crippen molar-refractivity contribution in [2.45, 2.75) is 26.9 Å². The molecule has 200 valence electrons. The summed E-state index contributed by atoms with van der Waals surface area (Å²) >= 11 is 6.41. The zero-order valence-corrected chi connectivity index (χ0v) is 23.2. The molecule has 0 atom stereocenters. The molecule has 1 fully saturated rings. The molecule has 39 heavy (non-hydrogen) atoms. The topological polar surface area (TPSA) is 52.9 Å². The number of carbonyl (C=O) groups is 1. The van der Waals surface area contributed by atoms with Crippen LogP contribution in [-0.2, 0) is 13.1 Å². The molecule has 0 radical (unpaired) electrons. The first-order valence-corrected chi connectivity index (χ1v) is 13.7. The van der Waals surface area contributed by atoms with Crippen molar-refractivity contribution in [2.24, 2.45) is 5.10 Å². The number of hydrazone groups is 1. The molecule has 1 saturated heterocycles. The van der Waals surface area contributed by atoms with Crippen LogP contribution in [-0.4, -0.2) is 52.7 Å². The van der Waals surface area contributed by atoms with Gasteiger partial charge in [0.25, 0.3) is 5.91 Å². The first-order chi connectivity index (χ1) is 19.0. The Morgan fingerprint density at radius 3 is 2.08 bits per heavy atom. The second-order valence-electron chi connectivity index (χ2n) is 10.0. The molecule has 3 aromatic carbocycles. The third kappa shape index (κ3) is 6.66. The predicted octanol–water partition coefficient (Wildman–Crippen LogP) is 5.83. The summed E-state index contributed by atoms with van der Waals surface area (Å²) in [5.41, 5.74) is 9.71. The van der Waals surface area contributed by atoms with Crippen LogP contribution in [0.3, 0.4) is 0 Å².